The average molecular weight is 306 g/mol. The number of hydrogen-bond donors (Lipinski definition) is 3. The SMILES string of the molecule is CC1CCC(O)C(OC2=C=C=C(CN)C=C2NC(C)(C)C)O1. The number of nitrogens with one attached hydrogen (secondary N) is 1. The number of hydrogen-bond acceptors (Lipinski definition) is 5. The molecule has 0 spiro atoms. The summed E-state index contributed by atoms with van der Waals surface area (Å²) in [6.45, 7) is 8.54. The van der Waals surface area contributed by atoms with Gasteiger partial charge in [0.1, 0.15) is 6.10 Å². The summed E-state index contributed by atoms with van der Waals surface area (Å²) < 4.78 is 11.5. The van der Waals surface area contributed by atoms with Crippen LogP contribution >= 0.6 is 0 Å². The largest absolute Gasteiger partial charge is 0.452 e. The summed E-state index contributed by atoms with van der Waals surface area (Å²) in [6.07, 6.45) is 2.14. The van der Waals surface area contributed by atoms with Crippen LogP contribution in [0.2, 0.25) is 0 Å². The molecule has 1 saturated heterocycles. The van der Waals surface area contributed by atoms with Gasteiger partial charge in [0, 0.05) is 17.7 Å². The van der Waals surface area contributed by atoms with E-state index in [9.17, 15) is 5.11 Å². The summed E-state index contributed by atoms with van der Waals surface area (Å²) in [5, 5.41) is 13.4. The van der Waals surface area contributed by atoms with Gasteiger partial charge in [-0.25, -0.2) is 0 Å². The van der Waals surface area contributed by atoms with Crippen LogP contribution in [-0.4, -0.2) is 35.7 Å². The minimum atomic E-state index is -0.683. The van der Waals surface area contributed by atoms with Gasteiger partial charge in [0.2, 0.25) is 6.29 Å². The highest BCUT2D eigenvalue weighted by Crippen LogP contribution is 2.25. The molecule has 0 amide bonds. The van der Waals surface area contributed by atoms with Gasteiger partial charge in [-0.1, -0.05) is 5.73 Å². The molecule has 4 N–H and O–H groups in total. The monoisotopic (exact) mass is 306 g/mol. The molecule has 1 heterocycles. The number of aliphatic hydroxyl groups is 1. The van der Waals surface area contributed by atoms with E-state index in [1.165, 1.54) is 0 Å². The number of nitrogens with two attached hydrogens (primary N) is 1. The topological polar surface area (TPSA) is 76.7 Å². The Morgan fingerprint density at radius 2 is 2.14 bits per heavy atom. The molecule has 2 rings (SSSR count). The molecule has 22 heavy (non-hydrogen) atoms. The molecule has 1 aliphatic heterocycles. The van der Waals surface area contributed by atoms with Crippen LogP contribution < -0.4 is 11.1 Å². The predicted octanol–water partition coefficient (Wildman–Crippen LogP) is 1.70. The summed E-state index contributed by atoms with van der Waals surface area (Å²) in [7, 11) is 0. The maximum Gasteiger partial charge on any atom is 0.227 e. The van der Waals surface area contributed by atoms with Crippen molar-refractivity contribution in [3.8, 4) is 0 Å². The summed E-state index contributed by atoms with van der Waals surface area (Å²) in [5.41, 5.74) is 13.1. The zero-order valence-electron chi connectivity index (χ0n) is 13.8. The molecule has 3 unspecified atom stereocenters. The van der Waals surface area contributed by atoms with Crippen molar-refractivity contribution in [2.24, 2.45) is 5.73 Å². The highest BCUT2D eigenvalue weighted by molar-refractivity contribution is 5.37. The Morgan fingerprint density at radius 3 is 2.77 bits per heavy atom. The van der Waals surface area contributed by atoms with Gasteiger partial charge in [-0.05, 0) is 52.3 Å². The lowest BCUT2D eigenvalue weighted by Crippen LogP contribution is -2.41. The first-order valence-electron chi connectivity index (χ1n) is 7.74. The first-order valence-corrected chi connectivity index (χ1v) is 7.74. The fraction of sp³-hybridized carbons (Fsp3) is 0.647. The number of rotatable bonds is 4. The van der Waals surface area contributed by atoms with E-state index in [1.54, 1.807) is 0 Å². The van der Waals surface area contributed by atoms with E-state index < -0.39 is 12.4 Å². The van der Waals surface area contributed by atoms with Gasteiger partial charge < -0.3 is 25.6 Å². The Hall–Kier alpha value is -1.48. The molecule has 0 aromatic rings. The van der Waals surface area contributed by atoms with E-state index >= 15 is 0 Å². The maximum atomic E-state index is 10.1. The molecule has 0 aromatic carbocycles. The van der Waals surface area contributed by atoms with Crippen molar-refractivity contribution < 1.29 is 14.6 Å². The zero-order valence-corrected chi connectivity index (χ0v) is 13.8. The van der Waals surface area contributed by atoms with Crippen LogP contribution in [0.1, 0.15) is 40.5 Å². The van der Waals surface area contributed by atoms with Gasteiger partial charge in [-0.15, -0.1) is 0 Å². The third kappa shape index (κ3) is 4.51. The van der Waals surface area contributed by atoms with E-state index in [0.29, 0.717) is 18.7 Å². The first-order chi connectivity index (χ1) is 10.3. The van der Waals surface area contributed by atoms with Crippen LogP contribution in [0.15, 0.2) is 34.6 Å². The molecule has 0 aromatic heterocycles. The highest BCUT2D eigenvalue weighted by Gasteiger charge is 2.31. The fourth-order valence-corrected chi connectivity index (χ4v) is 2.33. The highest BCUT2D eigenvalue weighted by atomic mass is 16.7. The Balaban J connectivity index is 2.20. The maximum absolute atomic E-state index is 10.1. The summed E-state index contributed by atoms with van der Waals surface area (Å²) in [5.74, 6) is 0.491. The van der Waals surface area contributed by atoms with E-state index in [0.717, 1.165) is 17.7 Å². The quantitative estimate of drug-likeness (QED) is 0.689. The average Bonchev–Trinajstić information content (AvgIpc) is 2.43. The van der Waals surface area contributed by atoms with Crippen molar-refractivity contribution in [2.75, 3.05) is 6.54 Å². The molecule has 5 nitrogen and oxygen atoms in total. The second-order valence-corrected chi connectivity index (χ2v) is 6.82. The molecular formula is C17H26N2O3. The molecule has 0 bridgehead atoms. The summed E-state index contributed by atoms with van der Waals surface area (Å²) in [4.78, 5) is 0. The van der Waals surface area contributed by atoms with Gasteiger partial charge in [0.25, 0.3) is 0 Å². The third-order valence-electron chi connectivity index (χ3n) is 3.41. The second kappa shape index (κ2) is 6.74. The van der Waals surface area contributed by atoms with Gasteiger partial charge in [0.15, 0.2) is 5.76 Å². The fourth-order valence-electron chi connectivity index (χ4n) is 2.33. The van der Waals surface area contributed by atoms with Crippen LogP contribution in [0.5, 0.6) is 0 Å². The lowest BCUT2D eigenvalue weighted by Gasteiger charge is -2.34. The number of ether oxygens (including phenoxy) is 2. The van der Waals surface area contributed by atoms with Crippen LogP contribution in [0, 0.1) is 0 Å². The van der Waals surface area contributed by atoms with Crippen LogP contribution in [0.25, 0.3) is 0 Å². The van der Waals surface area contributed by atoms with Crippen molar-refractivity contribution in [3.63, 3.8) is 0 Å². The molecule has 0 radical (unpaired) electrons. The minimum absolute atomic E-state index is 0.0692. The van der Waals surface area contributed by atoms with Crippen LogP contribution in [0.4, 0.5) is 0 Å². The molecule has 2 aliphatic rings. The molecule has 1 aliphatic carbocycles. The Labute approximate surface area is 132 Å². The smallest absolute Gasteiger partial charge is 0.227 e. The minimum Gasteiger partial charge on any atom is -0.452 e. The van der Waals surface area contributed by atoms with Crippen LogP contribution in [0.3, 0.4) is 0 Å². The molecule has 5 heteroatoms. The first kappa shape index (κ1) is 16.9. The van der Waals surface area contributed by atoms with Gasteiger partial charge in [-0.3, -0.25) is 0 Å². The lowest BCUT2D eigenvalue weighted by molar-refractivity contribution is -0.219. The van der Waals surface area contributed by atoms with E-state index in [-0.39, 0.29) is 11.6 Å². The van der Waals surface area contributed by atoms with E-state index in [2.05, 4.69) is 37.6 Å². The molecule has 0 saturated carbocycles. The standard InChI is InChI=1S/C17H26N2O3/c1-11-5-7-14(20)16(21-11)22-15-8-6-12(10-18)9-13(15)19-17(2,3)4/h9,11,14,16,19-20H,5,7,10,18H2,1-4H3. The van der Waals surface area contributed by atoms with Crippen molar-refractivity contribution in [2.45, 2.75) is 64.6 Å². The van der Waals surface area contributed by atoms with E-state index in [4.69, 9.17) is 15.2 Å². The van der Waals surface area contributed by atoms with Crippen molar-refractivity contribution in [1.82, 2.24) is 5.32 Å². The normalized spacial score (nSPS) is 28.6. The van der Waals surface area contributed by atoms with Crippen LogP contribution in [-0.2, 0) is 9.47 Å². The zero-order chi connectivity index (χ0) is 16.3. The van der Waals surface area contributed by atoms with Crippen molar-refractivity contribution in [3.05, 3.63) is 34.6 Å². The van der Waals surface area contributed by atoms with Crippen molar-refractivity contribution in [1.29, 1.82) is 0 Å². The molecule has 3 atom stereocenters. The molecule has 1 fully saturated rings. The Bertz CT molecular complexity index is 547. The summed E-state index contributed by atoms with van der Waals surface area (Å²) >= 11 is 0. The number of aliphatic hydroxyl groups excluding tert-OH is 1. The third-order valence-corrected chi connectivity index (χ3v) is 3.41. The lowest BCUT2D eigenvalue weighted by atomic mass is 10.1. The van der Waals surface area contributed by atoms with E-state index in [1.807, 2.05) is 13.0 Å². The van der Waals surface area contributed by atoms with Gasteiger partial charge >= 0.3 is 0 Å². The van der Waals surface area contributed by atoms with Crippen molar-refractivity contribution >= 4 is 0 Å². The van der Waals surface area contributed by atoms with Gasteiger partial charge in [-0.2, -0.15) is 0 Å². The molecule has 122 valence electrons. The predicted molar refractivity (Wildman–Crippen MR) is 84.7 cm³/mol. The molecular weight excluding hydrogens is 280 g/mol. The van der Waals surface area contributed by atoms with Gasteiger partial charge in [0.05, 0.1) is 11.8 Å². The summed E-state index contributed by atoms with van der Waals surface area (Å²) in [6, 6.07) is 0. The Morgan fingerprint density at radius 1 is 1.41 bits per heavy atom. The Kier molecular flexibility index (Phi) is 5.17. The second-order valence-electron chi connectivity index (χ2n) is 6.82.